The third-order valence-corrected chi connectivity index (χ3v) is 8.44. The maximum Gasteiger partial charge on any atom is 0.374 e. The van der Waals surface area contributed by atoms with E-state index >= 15 is 0 Å². The van der Waals surface area contributed by atoms with Gasteiger partial charge in [-0.25, -0.2) is 9.59 Å². The Morgan fingerprint density at radius 2 is 1.45 bits per heavy atom. The first kappa shape index (κ1) is 33.4. The van der Waals surface area contributed by atoms with E-state index in [1.165, 1.54) is 6.07 Å². The highest BCUT2D eigenvalue weighted by atomic mass is 79.9. The molecule has 1 aliphatic carbocycles. The van der Waals surface area contributed by atoms with Crippen molar-refractivity contribution in [1.82, 2.24) is 0 Å². The molecule has 1 spiro atoms. The number of Topliss-reactive ketones (excluding diaryl/α,β-unsaturated/α-hetero) is 2. The smallest absolute Gasteiger partial charge is 0.374 e. The molecule has 49 heavy (non-hydrogen) atoms. The zero-order chi connectivity index (χ0) is 35.7. The molecule has 2 atom stereocenters. The molecule has 254 valence electrons. The summed E-state index contributed by atoms with van der Waals surface area (Å²) < 4.78 is 43.4. The largest absolute Gasteiger partial charge is 0.491 e. The van der Waals surface area contributed by atoms with Crippen molar-refractivity contribution in [2.45, 2.75) is 45.5 Å². The van der Waals surface area contributed by atoms with Crippen molar-refractivity contribution in [3.8, 4) is 28.7 Å². The molecule has 3 heterocycles. The molecule has 1 aromatic heterocycles. The number of hydrogen-bond donors (Lipinski definition) is 1. The topological polar surface area (TPSA) is 217 Å². The van der Waals surface area contributed by atoms with E-state index < -0.39 is 99.3 Å². The summed E-state index contributed by atoms with van der Waals surface area (Å²) in [6.45, 7) is 3.13. The van der Waals surface area contributed by atoms with E-state index in [1.54, 1.807) is 0 Å². The summed E-state index contributed by atoms with van der Waals surface area (Å²) in [5.41, 5.74) is -2.10. The molecule has 0 bridgehead atoms. The quantitative estimate of drug-likeness (QED) is 0.293. The van der Waals surface area contributed by atoms with E-state index in [4.69, 9.17) is 32.8 Å². The molecule has 2 aliphatic heterocycles. The van der Waals surface area contributed by atoms with Gasteiger partial charge in [0.15, 0.2) is 28.8 Å². The first-order valence-electron chi connectivity index (χ1n) is 14.2. The van der Waals surface area contributed by atoms with Gasteiger partial charge in [0.05, 0.1) is 44.3 Å². The summed E-state index contributed by atoms with van der Waals surface area (Å²) in [5.74, 6) is -10.4. The van der Waals surface area contributed by atoms with Crippen molar-refractivity contribution in [1.29, 1.82) is 0 Å². The number of aliphatic hydroxyl groups excluding tert-OH is 1. The summed E-state index contributed by atoms with van der Waals surface area (Å²) in [7, 11) is 2.22. The highest BCUT2D eigenvalue weighted by Crippen LogP contribution is 2.58. The Balaban J connectivity index is 1.59. The van der Waals surface area contributed by atoms with Gasteiger partial charge in [0.25, 0.3) is 5.79 Å². The second kappa shape index (κ2) is 11.9. The fraction of sp³-hybridized carbons (Fsp3) is 0.281. The Hall–Kier alpha value is -5.55. The minimum atomic E-state index is -1.97. The Kier molecular flexibility index (Phi) is 8.07. The predicted molar refractivity (Wildman–Crippen MR) is 163 cm³/mol. The van der Waals surface area contributed by atoms with E-state index in [0.717, 1.165) is 41.1 Å². The highest BCUT2D eigenvalue weighted by Gasteiger charge is 2.54. The molecule has 6 rings (SSSR count). The number of allylic oxidation sites excluding steroid dienone is 2. The van der Waals surface area contributed by atoms with Crippen LogP contribution in [0.2, 0.25) is 0 Å². The molecular weight excluding hydrogens is 720 g/mol. The molecule has 16 nitrogen and oxygen atoms in total. The van der Waals surface area contributed by atoms with Crippen molar-refractivity contribution in [2.75, 3.05) is 14.2 Å². The lowest BCUT2D eigenvalue weighted by molar-refractivity contribution is -0.144. The van der Waals surface area contributed by atoms with Gasteiger partial charge in [-0.15, -0.1) is 0 Å². The van der Waals surface area contributed by atoms with Crippen LogP contribution in [-0.4, -0.2) is 60.6 Å². The van der Waals surface area contributed by atoms with Crippen LogP contribution in [0.4, 0.5) is 0 Å². The van der Waals surface area contributed by atoms with Crippen molar-refractivity contribution in [3.63, 3.8) is 0 Å². The first-order valence-corrected chi connectivity index (χ1v) is 15.0. The fourth-order valence-corrected chi connectivity index (χ4v) is 6.50. The molecule has 0 saturated carbocycles. The van der Waals surface area contributed by atoms with Crippen LogP contribution >= 0.6 is 15.9 Å². The number of rotatable bonds is 5. The zero-order valence-electron chi connectivity index (χ0n) is 26.1. The maximum atomic E-state index is 13.7. The molecule has 2 unspecified atom stereocenters. The van der Waals surface area contributed by atoms with Gasteiger partial charge in [-0.1, -0.05) is 0 Å². The standard InChI is InChI=1S/C32H23BrO16/c1-10(34)44-24-15-8-32(49-26(15)28(46-12(3)36)20-19(24)22(38)21(33)29(42-4)23(20)39)9-16(37)14-6-13-7-17(30(40)43-5)47-31(41)18(13)27(25(14)48-32)45-11(2)35/h6-7,16,37H,8-9H2,1-5H3. The van der Waals surface area contributed by atoms with E-state index in [2.05, 4.69) is 20.7 Å². The molecule has 0 radical (unpaired) electrons. The van der Waals surface area contributed by atoms with Crippen LogP contribution in [0.3, 0.4) is 0 Å². The zero-order valence-corrected chi connectivity index (χ0v) is 27.7. The van der Waals surface area contributed by atoms with Gasteiger partial charge in [-0.3, -0.25) is 24.0 Å². The number of ether oxygens (including phenoxy) is 7. The molecular formula is C32H23BrO16. The van der Waals surface area contributed by atoms with Crippen molar-refractivity contribution in [3.05, 3.63) is 60.8 Å². The number of carbonyl (C=O) groups is 6. The lowest BCUT2D eigenvalue weighted by atomic mass is 9.87. The number of carbonyl (C=O) groups excluding carboxylic acids is 6. The van der Waals surface area contributed by atoms with Gasteiger partial charge in [0.2, 0.25) is 17.3 Å². The minimum absolute atomic E-state index is 0.0123. The first-order chi connectivity index (χ1) is 23.1. The summed E-state index contributed by atoms with van der Waals surface area (Å²) >= 11 is 3.06. The second-order valence-electron chi connectivity index (χ2n) is 11.0. The predicted octanol–water partition coefficient (Wildman–Crippen LogP) is 3.13. The normalized spacial score (nSPS) is 19.0. The number of methoxy groups -OCH3 is 2. The van der Waals surface area contributed by atoms with Gasteiger partial charge in [0, 0.05) is 31.9 Å². The number of ketones is 2. The van der Waals surface area contributed by atoms with Gasteiger partial charge in [-0.2, -0.15) is 0 Å². The summed E-state index contributed by atoms with van der Waals surface area (Å²) in [5, 5.41) is 11.2. The number of fused-ring (bicyclic) bond motifs is 4. The van der Waals surface area contributed by atoms with Gasteiger partial charge < -0.3 is 42.7 Å². The van der Waals surface area contributed by atoms with E-state index in [9.17, 15) is 38.7 Å². The van der Waals surface area contributed by atoms with Gasteiger partial charge in [0.1, 0.15) is 15.6 Å². The molecule has 0 fully saturated rings. The lowest BCUT2D eigenvalue weighted by Crippen LogP contribution is -2.45. The SMILES string of the molecule is COC(=O)c1cc2cc3c(c(OC(C)=O)c2c(=O)o1)OC1(Cc2c(c(OC(C)=O)c4c(c2OC(C)=O)C(=O)C(Br)=C(OC)C4=O)O1)CC3O. The van der Waals surface area contributed by atoms with Crippen LogP contribution < -0.4 is 29.3 Å². The molecule has 3 aliphatic rings. The Labute approximate surface area is 282 Å². The number of hydrogen-bond acceptors (Lipinski definition) is 16. The molecule has 1 N–H and O–H groups in total. The molecule has 2 aromatic carbocycles. The molecule has 17 heteroatoms. The average molecular weight is 743 g/mol. The Morgan fingerprint density at radius 3 is 2.06 bits per heavy atom. The van der Waals surface area contributed by atoms with Gasteiger partial charge in [-0.05, 0) is 33.4 Å². The summed E-state index contributed by atoms with van der Waals surface area (Å²) in [6.07, 6.45) is -2.27. The number of benzene rings is 2. The minimum Gasteiger partial charge on any atom is -0.491 e. The van der Waals surface area contributed by atoms with Crippen LogP contribution in [0.25, 0.3) is 10.8 Å². The van der Waals surface area contributed by atoms with Crippen LogP contribution in [0.1, 0.15) is 75.7 Å². The van der Waals surface area contributed by atoms with Crippen molar-refractivity contribution >= 4 is 62.1 Å². The van der Waals surface area contributed by atoms with E-state index in [-0.39, 0.29) is 44.3 Å². The van der Waals surface area contributed by atoms with Crippen LogP contribution in [-0.2, 0) is 30.3 Å². The second-order valence-corrected chi connectivity index (χ2v) is 11.8. The van der Waals surface area contributed by atoms with Crippen LogP contribution in [0, 0.1) is 0 Å². The molecule has 0 saturated heterocycles. The Morgan fingerprint density at radius 1 is 0.857 bits per heavy atom. The Bertz CT molecular complexity index is 2180. The van der Waals surface area contributed by atoms with Crippen molar-refractivity contribution < 1.29 is 71.4 Å². The average Bonchev–Trinajstić information content (AvgIpc) is 3.38. The lowest BCUT2D eigenvalue weighted by Gasteiger charge is -2.37. The van der Waals surface area contributed by atoms with E-state index in [1.807, 2.05) is 0 Å². The maximum absolute atomic E-state index is 13.7. The van der Waals surface area contributed by atoms with Gasteiger partial charge >= 0.3 is 29.5 Å². The summed E-state index contributed by atoms with van der Waals surface area (Å²) in [6, 6.07) is 2.48. The van der Waals surface area contributed by atoms with Crippen molar-refractivity contribution in [2.24, 2.45) is 0 Å². The highest BCUT2D eigenvalue weighted by molar-refractivity contribution is 9.12. The number of halogens is 1. The third kappa shape index (κ3) is 5.30. The van der Waals surface area contributed by atoms with E-state index in [0.29, 0.717) is 0 Å². The molecule has 3 aromatic rings. The van der Waals surface area contributed by atoms with Crippen LogP contribution in [0.15, 0.2) is 31.6 Å². The number of esters is 4. The summed E-state index contributed by atoms with van der Waals surface area (Å²) in [4.78, 5) is 89.6. The fourth-order valence-electron chi connectivity index (χ4n) is 5.96. The molecule has 0 amide bonds. The third-order valence-electron chi connectivity index (χ3n) is 7.72. The number of aliphatic hydroxyl groups is 1. The monoisotopic (exact) mass is 742 g/mol. The van der Waals surface area contributed by atoms with Crippen LogP contribution in [0.5, 0.6) is 28.7 Å².